The van der Waals surface area contributed by atoms with E-state index in [0.717, 1.165) is 16.8 Å². The first-order valence-electron chi connectivity index (χ1n) is 7.04. The highest BCUT2D eigenvalue weighted by Crippen LogP contribution is 2.26. The molecular formula is C16H21N3O2. The lowest BCUT2D eigenvalue weighted by molar-refractivity contribution is 0.0718. The van der Waals surface area contributed by atoms with Crippen LogP contribution in [0.5, 0.6) is 5.88 Å². The molecule has 0 saturated heterocycles. The number of nitrogens with zero attached hydrogens (tertiary/aromatic N) is 2. The molecule has 0 aliphatic carbocycles. The Kier molecular flexibility index (Phi) is 4.43. The molecule has 1 unspecified atom stereocenters. The van der Waals surface area contributed by atoms with Gasteiger partial charge in [-0.3, -0.25) is 0 Å². The summed E-state index contributed by atoms with van der Waals surface area (Å²) in [5.74, 6) is 0.0827. The fourth-order valence-corrected chi connectivity index (χ4v) is 2.23. The van der Waals surface area contributed by atoms with Crippen molar-refractivity contribution in [3.63, 3.8) is 0 Å². The topological polar surface area (TPSA) is 70.1 Å². The molecule has 21 heavy (non-hydrogen) atoms. The number of aryl methyl sites for hydroxylation is 2. The van der Waals surface area contributed by atoms with Gasteiger partial charge in [-0.25, -0.2) is 9.48 Å². The zero-order valence-electron chi connectivity index (χ0n) is 12.9. The Hall–Kier alpha value is -2.14. The molecule has 1 atom stereocenters. The third-order valence-corrected chi connectivity index (χ3v) is 3.38. The van der Waals surface area contributed by atoms with Crippen molar-refractivity contribution in [1.82, 2.24) is 9.78 Å². The summed E-state index contributed by atoms with van der Waals surface area (Å²) in [5, 5.41) is 4.36. The zero-order valence-corrected chi connectivity index (χ0v) is 12.9. The van der Waals surface area contributed by atoms with Gasteiger partial charge in [0.25, 0.3) is 0 Å². The van der Waals surface area contributed by atoms with Crippen molar-refractivity contribution in [2.45, 2.75) is 33.2 Å². The maximum absolute atomic E-state index is 12.2. The van der Waals surface area contributed by atoms with Crippen LogP contribution in [0, 0.1) is 6.92 Å². The molecule has 1 heterocycles. The first-order valence-corrected chi connectivity index (χ1v) is 7.04. The molecule has 5 heteroatoms. The molecule has 0 radical (unpaired) electrons. The molecule has 0 aliphatic heterocycles. The number of ether oxygens (including phenoxy) is 1. The number of benzene rings is 1. The van der Waals surface area contributed by atoms with Crippen LogP contribution in [0.3, 0.4) is 0 Å². The molecule has 2 N–H and O–H groups in total. The molecule has 1 aromatic carbocycles. The van der Waals surface area contributed by atoms with Gasteiger partial charge in [0.15, 0.2) is 0 Å². The van der Waals surface area contributed by atoms with Crippen LogP contribution in [-0.2, 0) is 13.5 Å². The lowest BCUT2D eigenvalue weighted by Gasteiger charge is -2.07. The molecule has 0 saturated carbocycles. The van der Waals surface area contributed by atoms with Crippen molar-refractivity contribution in [2.24, 2.45) is 12.8 Å². The Balaban J connectivity index is 2.31. The monoisotopic (exact) mass is 287 g/mol. The second-order valence-electron chi connectivity index (χ2n) is 5.19. The van der Waals surface area contributed by atoms with Crippen LogP contribution < -0.4 is 10.5 Å². The number of aromatic nitrogens is 2. The van der Waals surface area contributed by atoms with Crippen LogP contribution in [0.4, 0.5) is 0 Å². The average molecular weight is 287 g/mol. The van der Waals surface area contributed by atoms with E-state index in [9.17, 15) is 4.79 Å². The Bertz CT molecular complexity index is 642. The van der Waals surface area contributed by atoms with Crippen molar-refractivity contribution >= 4 is 5.97 Å². The van der Waals surface area contributed by atoms with Crippen molar-refractivity contribution in [1.29, 1.82) is 0 Å². The highest BCUT2D eigenvalue weighted by atomic mass is 16.5. The lowest BCUT2D eigenvalue weighted by atomic mass is 10.1. The van der Waals surface area contributed by atoms with E-state index in [2.05, 4.69) is 5.10 Å². The Morgan fingerprint density at radius 1 is 1.38 bits per heavy atom. The molecular weight excluding hydrogens is 266 g/mol. The van der Waals surface area contributed by atoms with Crippen LogP contribution in [0.2, 0.25) is 0 Å². The summed E-state index contributed by atoms with van der Waals surface area (Å²) in [7, 11) is 1.75. The number of carbonyl (C=O) groups excluding carboxylic acids is 1. The highest BCUT2D eigenvalue weighted by molar-refractivity contribution is 5.91. The van der Waals surface area contributed by atoms with Gasteiger partial charge < -0.3 is 10.5 Å². The van der Waals surface area contributed by atoms with Crippen molar-refractivity contribution < 1.29 is 9.53 Å². The fraction of sp³-hybridized carbons (Fsp3) is 0.375. The summed E-state index contributed by atoms with van der Waals surface area (Å²) in [6.07, 6.45) is 0.710. The third-order valence-electron chi connectivity index (χ3n) is 3.38. The minimum atomic E-state index is -0.385. The molecule has 0 bridgehead atoms. The summed E-state index contributed by atoms with van der Waals surface area (Å²) in [4.78, 5) is 12.2. The Labute approximate surface area is 124 Å². The Morgan fingerprint density at radius 3 is 2.52 bits per heavy atom. The van der Waals surface area contributed by atoms with Crippen LogP contribution in [0.25, 0.3) is 0 Å². The molecule has 112 valence electrons. The number of esters is 1. The van der Waals surface area contributed by atoms with Crippen LogP contribution in [0.1, 0.15) is 47.1 Å². The summed E-state index contributed by atoms with van der Waals surface area (Å²) in [6, 6.07) is 7.08. The molecule has 0 fully saturated rings. The van der Waals surface area contributed by atoms with Crippen molar-refractivity contribution in [3.8, 4) is 5.88 Å². The van der Waals surface area contributed by atoms with E-state index in [0.29, 0.717) is 17.9 Å². The second kappa shape index (κ2) is 6.10. The van der Waals surface area contributed by atoms with Crippen molar-refractivity contribution in [2.75, 3.05) is 0 Å². The average Bonchev–Trinajstić information content (AvgIpc) is 2.76. The SMILES string of the molecule is CCc1c(C(C)N)nn(C)c1OC(=O)c1ccc(C)cc1. The number of hydrogen-bond acceptors (Lipinski definition) is 4. The first kappa shape index (κ1) is 15.3. The summed E-state index contributed by atoms with van der Waals surface area (Å²) in [5.41, 5.74) is 9.18. The van der Waals surface area contributed by atoms with Crippen LogP contribution >= 0.6 is 0 Å². The minimum Gasteiger partial charge on any atom is -0.404 e. The van der Waals surface area contributed by atoms with E-state index in [1.807, 2.05) is 32.9 Å². The maximum atomic E-state index is 12.2. The van der Waals surface area contributed by atoms with Crippen molar-refractivity contribution in [3.05, 3.63) is 46.6 Å². The molecule has 1 aromatic heterocycles. The minimum absolute atomic E-state index is 0.196. The largest absolute Gasteiger partial charge is 0.404 e. The lowest BCUT2D eigenvalue weighted by Crippen LogP contribution is -2.12. The van der Waals surface area contributed by atoms with E-state index >= 15 is 0 Å². The number of nitrogens with two attached hydrogens (primary N) is 1. The number of carbonyl (C=O) groups is 1. The van der Waals surface area contributed by atoms with Gasteiger partial charge in [0.05, 0.1) is 11.3 Å². The van der Waals surface area contributed by atoms with Gasteiger partial charge in [-0.1, -0.05) is 24.6 Å². The second-order valence-corrected chi connectivity index (χ2v) is 5.19. The Morgan fingerprint density at radius 2 is 2.00 bits per heavy atom. The van der Waals surface area contributed by atoms with Gasteiger partial charge >= 0.3 is 5.97 Å². The number of hydrogen-bond donors (Lipinski definition) is 1. The summed E-state index contributed by atoms with van der Waals surface area (Å²) < 4.78 is 7.10. The smallest absolute Gasteiger partial charge is 0.344 e. The quantitative estimate of drug-likeness (QED) is 0.877. The predicted molar refractivity (Wildman–Crippen MR) is 81.3 cm³/mol. The third kappa shape index (κ3) is 3.13. The van der Waals surface area contributed by atoms with Crippen LogP contribution in [0.15, 0.2) is 24.3 Å². The molecule has 5 nitrogen and oxygen atoms in total. The van der Waals surface area contributed by atoms with Gasteiger partial charge in [0.2, 0.25) is 5.88 Å². The standard InChI is InChI=1S/C16H21N3O2/c1-5-13-14(11(3)17)18-19(4)15(13)21-16(20)12-8-6-10(2)7-9-12/h6-9,11H,5,17H2,1-4H3. The fourth-order valence-electron chi connectivity index (χ4n) is 2.23. The van der Waals surface area contributed by atoms with Gasteiger partial charge in [0, 0.05) is 18.7 Å². The summed E-state index contributed by atoms with van der Waals surface area (Å²) >= 11 is 0. The molecule has 2 rings (SSSR count). The van der Waals surface area contributed by atoms with E-state index in [4.69, 9.17) is 10.5 Å². The first-order chi connectivity index (χ1) is 9.93. The zero-order chi connectivity index (χ0) is 15.6. The van der Waals surface area contributed by atoms with E-state index in [1.54, 1.807) is 23.9 Å². The molecule has 0 spiro atoms. The van der Waals surface area contributed by atoms with Gasteiger partial charge in [-0.15, -0.1) is 0 Å². The van der Waals surface area contributed by atoms with Crippen LogP contribution in [-0.4, -0.2) is 15.7 Å². The van der Waals surface area contributed by atoms with Gasteiger partial charge in [-0.2, -0.15) is 5.10 Å². The molecule has 0 aliphatic rings. The van der Waals surface area contributed by atoms with E-state index in [-0.39, 0.29) is 12.0 Å². The predicted octanol–water partition coefficient (Wildman–Crippen LogP) is 2.53. The van der Waals surface area contributed by atoms with E-state index < -0.39 is 0 Å². The maximum Gasteiger partial charge on any atom is 0.344 e. The van der Waals surface area contributed by atoms with Gasteiger partial charge in [0.1, 0.15) is 0 Å². The normalized spacial score (nSPS) is 12.2. The molecule has 0 amide bonds. The van der Waals surface area contributed by atoms with Gasteiger partial charge in [-0.05, 0) is 32.4 Å². The van der Waals surface area contributed by atoms with E-state index in [1.165, 1.54) is 0 Å². The highest BCUT2D eigenvalue weighted by Gasteiger charge is 2.21. The summed E-state index contributed by atoms with van der Waals surface area (Å²) in [6.45, 7) is 5.83. The molecule has 2 aromatic rings. The number of rotatable bonds is 4.